The van der Waals surface area contributed by atoms with Gasteiger partial charge >= 0.3 is 0 Å². The molecule has 1 aliphatic rings. The van der Waals surface area contributed by atoms with E-state index < -0.39 is 0 Å². The first-order chi connectivity index (χ1) is 7.36. The van der Waals surface area contributed by atoms with Gasteiger partial charge in [0, 0.05) is 6.54 Å². The molecule has 1 unspecified atom stereocenters. The van der Waals surface area contributed by atoms with Gasteiger partial charge in [-0.15, -0.1) is 5.92 Å². The zero-order valence-corrected chi connectivity index (χ0v) is 10.2. The van der Waals surface area contributed by atoms with Crippen LogP contribution in [0.2, 0.25) is 0 Å². The molecule has 86 valence electrons. The Morgan fingerprint density at radius 1 is 1.47 bits per heavy atom. The summed E-state index contributed by atoms with van der Waals surface area (Å²) in [6.45, 7) is 9.90. The highest BCUT2D eigenvalue weighted by atomic mass is 15.1. The highest BCUT2D eigenvalue weighted by molar-refractivity contribution is 4.98. The van der Waals surface area contributed by atoms with Crippen molar-refractivity contribution in [3.63, 3.8) is 0 Å². The lowest BCUT2D eigenvalue weighted by molar-refractivity contribution is 0.191. The quantitative estimate of drug-likeness (QED) is 0.547. The fourth-order valence-electron chi connectivity index (χ4n) is 2.14. The normalized spacial score (nSPS) is 22.1. The van der Waals surface area contributed by atoms with Crippen LogP contribution in [-0.4, -0.2) is 37.6 Å². The van der Waals surface area contributed by atoms with E-state index in [2.05, 4.69) is 29.0 Å². The van der Waals surface area contributed by atoms with Crippen LogP contribution >= 0.6 is 0 Å². The Bertz CT molecular complexity index is 214. The highest BCUT2D eigenvalue weighted by Crippen LogP contribution is 2.14. The van der Waals surface area contributed by atoms with E-state index in [1.165, 1.54) is 38.9 Å². The predicted molar refractivity (Wildman–Crippen MR) is 65.8 cm³/mol. The molecular formula is C13H24N2. The maximum Gasteiger partial charge on any atom is 0.0601 e. The van der Waals surface area contributed by atoms with E-state index in [-0.39, 0.29) is 0 Å². The molecule has 0 aromatic carbocycles. The summed E-state index contributed by atoms with van der Waals surface area (Å²) in [6.07, 6.45) is 3.95. The van der Waals surface area contributed by atoms with Gasteiger partial charge in [-0.25, -0.2) is 0 Å². The van der Waals surface area contributed by atoms with Crippen LogP contribution in [-0.2, 0) is 0 Å². The van der Waals surface area contributed by atoms with Gasteiger partial charge in [-0.1, -0.05) is 12.8 Å². The number of likely N-dealkylation sites (tertiary alicyclic amines) is 1. The van der Waals surface area contributed by atoms with Gasteiger partial charge in [0.1, 0.15) is 0 Å². The smallest absolute Gasteiger partial charge is 0.0601 e. The van der Waals surface area contributed by atoms with Gasteiger partial charge in [-0.05, 0) is 51.7 Å². The number of nitrogens with zero attached hydrogens (tertiary/aromatic N) is 1. The second-order valence-electron chi connectivity index (χ2n) is 4.37. The topological polar surface area (TPSA) is 15.3 Å². The summed E-state index contributed by atoms with van der Waals surface area (Å²) in [7, 11) is 0. The number of hydrogen-bond donors (Lipinski definition) is 1. The van der Waals surface area contributed by atoms with Gasteiger partial charge in [0.15, 0.2) is 0 Å². The van der Waals surface area contributed by atoms with Crippen LogP contribution in [0.4, 0.5) is 0 Å². The van der Waals surface area contributed by atoms with E-state index in [9.17, 15) is 0 Å². The van der Waals surface area contributed by atoms with Gasteiger partial charge in [0.05, 0.1) is 6.54 Å². The molecule has 0 aromatic rings. The Morgan fingerprint density at radius 3 is 3.07 bits per heavy atom. The Balaban J connectivity index is 2.18. The summed E-state index contributed by atoms with van der Waals surface area (Å²) in [4.78, 5) is 2.48. The first-order valence-electron chi connectivity index (χ1n) is 6.19. The third-order valence-electron chi connectivity index (χ3n) is 2.94. The third-order valence-corrected chi connectivity index (χ3v) is 2.94. The molecule has 1 rings (SSSR count). The number of hydrogen-bond acceptors (Lipinski definition) is 2. The molecule has 0 amide bonds. The van der Waals surface area contributed by atoms with Gasteiger partial charge in [0.25, 0.3) is 0 Å². The molecule has 0 aliphatic carbocycles. The molecule has 0 spiro atoms. The second-order valence-corrected chi connectivity index (χ2v) is 4.37. The zero-order valence-electron chi connectivity index (χ0n) is 10.2. The molecule has 2 heteroatoms. The van der Waals surface area contributed by atoms with Crippen LogP contribution < -0.4 is 5.32 Å². The Kier molecular flexibility index (Phi) is 6.47. The number of piperidine rings is 1. The molecule has 1 aliphatic heterocycles. The van der Waals surface area contributed by atoms with Crippen LogP contribution in [0, 0.1) is 17.8 Å². The SMILES string of the molecule is CC#CCN1CCCC(CNCCC)C1. The largest absolute Gasteiger partial charge is 0.316 e. The van der Waals surface area contributed by atoms with E-state index in [0.29, 0.717) is 0 Å². The molecule has 1 saturated heterocycles. The fourth-order valence-corrected chi connectivity index (χ4v) is 2.14. The first-order valence-corrected chi connectivity index (χ1v) is 6.19. The fraction of sp³-hybridized carbons (Fsp3) is 0.846. The van der Waals surface area contributed by atoms with Crippen molar-refractivity contribution in [3.8, 4) is 11.8 Å². The van der Waals surface area contributed by atoms with Crippen LogP contribution in [0.1, 0.15) is 33.1 Å². The van der Waals surface area contributed by atoms with Gasteiger partial charge in [-0.2, -0.15) is 0 Å². The Hall–Kier alpha value is -0.520. The molecule has 1 fully saturated rings. The third kappa shape index (κ3) is 5.20. The summed E-state index contributed by atoms with van der Waals surface area (Å²) in [6, 6.07) is 0. The van der Waals surface area contributed by atoms with Gasteiger partial charge < -0.3 is 5.32 Å². The van der Waals surface area contributed by atoms with Crippen molar-refractivity contribution in [2.45, 2.75) is 33.1 Å². The minimum Gasteiger partial charge on any atom is -0.316 e. The van der Waals surface area contributed by atoms with E-state index in [1.807, 2.05) is 6.92 Å². The van der Waals surface area contributed by atoms with E-state index in [4.69, 9.17) is 0 Å². The van der Waals surface area contributed by atoms with E-state index >= 15 is 0 Å². The van der Waals surface area contributed by atoms with Crippen molar-refractivity contribution in [1.29, 1.82) is 0 Å². The average molecular weight is 208 g/mol. The van der Waals surface area contributed by atoms with Crippen LogP contribution in [0.3, 0.4) is 0 Å². The summed E-state index contributed by atoms with van der Waals surface area (Å²) in [5, 5.41) is 3.52. The Labute approximate surface area is 94.4 Å². The van der Waals surface area contributed by atoms with Crippen molar-refractivity contribution < 1.29 is 0 Å². The number of rotatable bonds is 5. The second kappa shape index (κ2) is 7.73. The molecule has 0 bridgehead atoms. The lowest BCUT2D eigenvalue weighted by Gasteiger charge is -2.31. The Morgan fingerprint density at radius 2 is 2.33 bits per heavy atom. The molecule has 1 heterocycles. The molecule has 0 aromatic heterocycles. The monoisotopic (exact) mass is 208 g/mol. The average Bonchev–Trinajstić information content (AvgIpc) is 2.27. The first kappa shape index (κ1) is 12.5. The van der Waals surface area contributed by atoms with Crippen LogP contribution in [0.5, 0.6) is 0 Å². The molecule has 0 saturated carbocycles. The maximum absolute atomic E-state index is 3.52. The van der Waals surface area contributed by atoms with Crippen LogP contribution in [0.25, 0.3) is 0 Å². The molecule has 1 atom stereocenters. The summed E-state index contributed by atoms with van der Waals surface area (Å²) in [5.74, 6) is 6.97. The van der Waals surface area contributed by atoms with Crippen LogP contribution in [0.15, 0.2) is 0 Å². The van der Waals surface area contributed by atoms with E-state index in [1.54, 1.807) is 0 Å². The minimum absolute atomic E-state index is 0.837. The van der Waals surface area contributed by atoms with Crippen molar-refractivity contribution in [2.24, 2.45) is 5.92 Å². The highest BCUT2D eigenvalue weighted by Gasteiger charge is 2.18. The molecule has 1 N–H and O–H groups in total. The molecule has 0 radical (unpaired) electrons. The van der Waals surface area contributed by atoms with E-state index in [0.717, 1.165) is 19.0 Å². The maximum atomic E-state index is 3.52. The van der Waals surface area contributed by atoms with Gasteiger partial charge in [0.2, 0.25) is 0 Å². The zero-order chi connectivity index (χ0) is 10.9. The lowest BCUT2D eigenvalue weighted by atomic mass is 9.98. The minimum atomic E-state index is 0.837. The van der Waals surface area contributed by atoms with Crippen molar-refractivity contribution >= 4 is 0 Å². The molecular weight excluding hydrogens is 184 g/mol. The lowest BCUT2D eigenvalue weighted by Crippen LogP contribution is -2.39. The summed E-state index contributed by atoms with van der Waals surface area (Å²) in [5.41, 5.74) is 0. The summed E-state index contributed by atoms with van der Waals surface area (Å²) >= 11 is 0. The standard InChI is InChI=1S/C13H24N2/c1-3-5-9-15-10-6-7-13(12-15)11-14-8-4-2/h13-14H,4,6-12H2,1-2H3. The van der Waals surface area contributed by atoms with Crippen molar-refractivity contribution in [2.75, 3.05) is 32.7 Å². The van der Waals surface area contributed by atoms with Crippen molar-refractivity contribution in [3.05, 3.63) is 0 Å². The molecule has 2 nitrogen and oxygen atoms in total. The predicted octanol–water partition coefficient (Wildman–Crippen LogP) is 1.72. The van der Waals surface area contributed by atoms with Crippen molar-refractivity contribution in [1.82, 2.24) is 10.2 Å². The molecule has 15 heavy (non-hydrogen) atoms. The summed E-state index contributed by atoms with van der Waals surface area (Å²) < 4.78 is 0. The van der Waals surface area contributed by atoms with Gasteiger partial charge in [-0.3, -0.25) is 4.90 Å². The number of nitrogens with one attached hydrogen (secondary N) is 1.